The molecule has 1 nitrogen and oxygen atoms in total. The Balaban J connectivity index is 2.26. The van der Waals surface area contributed by atoms with Gasteiger partial charge in [0, 0.05) is 20.8 Å². The topological polar surface area (TPSA) is 12.0 Å². The summed E-state index contributed by atoms with van der Waals surface area (Å²) in [5, 5.41) is 5.83. The first-order valence-electron chi connectivity index (χ1n) is 6.59. The van der Waals surface area contributed by atoms with Crippen LogP contribution in [0.2, 0.25) is 0 Å². The number of hydrogen-bond acceptors (Lipinski definition) is 2. The first kappa shape index (κ1) is 15.2. The van der Waals surface area contributed by atoms with Gasteiger partial charge in [-0.2, -0.15) is 0 Å². The van der Waals surface area contributed by atoms with E-state index in [-0.39, 0.29) is 0 Å². The minimum Gasteiger partial charge on any atom is -0.314 e. The summed E-state index contributed by atoms with van der Waals surface area (Å²) in [5.41, 5.74) is 0. The van der Waals surface area contributed by atoms with Crippen LogP contribution in [-0.2, 0) is 6.42 Å². The maximum absolute atomic E-state index is 3.65. The van der Waals surface area contributed by atoms with Crippen molar-refractivity contribution < 1.29 is 0 Å². The van der Waals surface area contributed by atoms with E-state index in [1.165, 1.54) is 35.0 Å². The molecule has 1 rings (SSSR count). The summed E-state index contributed by atoms with van der Waals surface area (Å²) in [6.07, 6.45) is 5.01. The molecular weight excluding hydrogens is 294 g/mol. The van der Waals surface area contributed by atoms with E-state index in [1.807, 2.05) is 11.3 Å². The molecule has 0 fully saturated rings. The number of nitrogens with one attached hydrogen (secondary N) is 1. The zero-order valence-electron chi connectivity index (χ0n) is 11.1. The second-order valence-corrected chi connectivity index (χ2v) is 6.84. The highest BCUT2D eigenvalue weighted by molar-refractivity contribution is 9.10. The highest BCUT2D eigenvalue weighted by Crippen LogP contribution is 2.22. The molecule has 98 valence electrons. The van der Waals surface area contributed by atoms with Crippen molar-refractivity contribution in [3.8, 4) is 0 Å². The Morgan fingerprint density at radius 3 is 2.71 bits per heavy atom. The van der Waals surface area contributed by atoms with Crippen molar-refractivity contribution in [1.82, 2.24) is 5.32 Å². The summed E-state index contributed by atoms with van der Waals surface area (Å²) in [6.45, 7) is 8.01. The van der Waals surface area contributed by atoms with Crippen LogP contribution < -0.4 is 5.32 Å². The summed E-state index contributed by atoms with van der Waals surface area (Å²) >= 11 is 5.37. The molecule has 0 radical (unpaired) electrons. The summed E-state index contributed by atoms with van der Waals surface area (Å²) < 4.78 is 1.22. The van der Waals surface area contributed by atoms with Crippen molar-refractivity contribution in [3.05, 3.63) is 20.8 Å². The monoisotopic (exact) mass is 317 g/mol. The molecule has 17 heavy (non-hydrogen) atoms. The maximum atomic E-state index is 3.65. The van der Waals surface area contributed by atoms with Gasteiger partial charge in [-0.3, -0.25) is 0 Å². The van der Waals surface area contributed by atoms with Crippen LogP contribution in [0.4, 0.5) is 0 Å². The first-order valence-corrected chi connectivity index (χ1v) is 8.27. The van der Waals surface area contributed by atoms with Gasteiger partial charge in [-0.15, -0.1) is 11.3 Å². The fraction of sp³-hybridized carbons (Fsp3) is 0.714. The van der Waals surface area contributed by atoms with E-state index in [0.29, 0.717) is 6.04 Å². The molecule has 1 unspecified atom stereocenters. The Kier molecular flexibility index (Phi) is 7.40. The first-order chi connectivity index (χ1) is 8.13. The third-order valence-electron chi connectivity index (χ3n) is 3.02. The lowest BCUT2D eigenvalue weighted by molar-refractivity contribution is 0.371. The highest BCUT2D eigenvalue weighted by Gasteiger charge is 2.11. The standard InChI is InChI=1S/C14H24BrNS/c1-4-8-16-14(11(2)3)7-5-6-13-9-12(15)10-17-13/h9-11,14,16H,4-8H2,1-3H3. The predicted octanol–water partition coefficient (Wildman–Crippen LogP) is 4.86. The SMILES string of the molecule is CCCNC(CCCc1cc(Br)cs1)C(C)C. The largest absolute Gasteiger partial charge is 0.314 e. The molecule has 0 saturated heterocycles. The Morgan fingerprint density at radius 1 is 1.41 bits per heavy atom. The summed E-state index contributed by atoms with van der Waals surface area (Å²) in [4.78, 5) is 1.50. The van der Waals surface area contributed by atoms with Gasteiger partial charge in [0.25, 0.3) is 0 Å². The molecule has 1 aromatic rings. The van der Waals surface area contributed by atoms with Gasteiger partial charge >= 0.3 is 0 Å². The Bertz CT molecular complexity index is 309. The third-order valence-corrected chi connectivity index (χ3v) is 4.78. The van der Waals surface area contributed by atoms with E-state index < -0.39 is 0 Å². The molecule has 0 aliphatic heterocycles. The van der Waals surface area contributed by atoms with Gasteiger partial charge in [0.1, 0.15) is 0 Å². The number of aryl methyl sites for hydroxylation is 1. The second-order valence-electron chi connectivity index (χ2n) is 4.93. The number of thiophene rings is 1. The Morgan fingerprint density at radius 2 is 2.18 bits per heavy atom. The van der Waals surface area contributed by atoms with Crippen LogP contribution in [0.1, 0.15) is 44.9 Å². The Hall–Kier alpha value is 0.140. The zero-order valence-corrected chi connectivity index (χ0v) is 13.5. The van der Waals surface area contributed by atoms with Crippen molar-refractivity contribution in [3.63, 3.8) is 0 Å². The van der Waals surface area contributed by atoms with Gasteiger partial charge in [0.15, 0.2) is 0 Å². The molecule has 0 amide bonds. The van der Waals surface area contributed by atoms with Crippen molar-refractivity contribution >= 4 is 27.3 Å². The van der Waals surface area contributed by atoms with E-state index in [1.54, 1.807) is 0 Å². The van der Waals surface area contributed by atoms with Gasteiger partial charge in [0.05, 0.1) is 0 Å². The van der Waals surface area contributed by atoms with Gasteiger partial charge < -0.3 is 5.32 Å². The zero-order chi connectivity index (χ0) is 12.7. The minimum absolute atomic E-state index is 0.679. The van der Waals surface area contributed by atoms with Crippen molar-refractivity contribution in [2.45, 2.75) is 52.5 Å². The molecule has 0 aliphatic carbocycles. The highest BCUT2D eigenvalue weighted by atomic mass is 79.9. The van der Waals surface area contributed by atoms with E-state index in [2.05, 4.69) is 53.5 Å². The van der Waals surface area contributed by atoms with Crippen molar-refractivity contribution in [1.29, 1.82) is 0 Å². The average molecular weight is 318 g/mol. The van der Waals surface area contributed by atoms with E-state index >= 15 is 0 Å². The van der Waals surface area contributed by atoms with Crippen LogP contribution in [0.25, 0.3) is 0 Å². The molecular formula is C14H24BrNS. The smallest absolute Gasteiger partial charge is 0.0285 e. The van der Waals surface area contributed by atoms with Crippen LogP contribution in [-0.4, -0.2) is 12.6 Å². The number of rotatable bonds is 8. The van der Waals surface area contributed by atoms with Gasteiger partial charge in [-0.25, -0.2) is 0 Å². The lowest BCUT2D eigenvalue weighted by Crippen LogP contribution is -2.34. The van der Waals surface area contributed by atoms with Gasteiger partial charge in [0.2, 0.25) is 0 Å². The minimum atomic E-state index is 0.679. The lowest BCUT2D eigenvalue weighted by Gasteiger charge is -2.22. The lowest BCUT2D eigenvalue weighted by atomic mass is 9.98. The second kappa shape index (κ2) is 8.28. The maximum Gasteiger partial charge on any atom is 0.0285 e. The van der Waals surface area contributed by atoms with E-state index in [9.17, 15) is 0 Å². The van der Waals surface area contributed by atoms with Crippen molar-refractivity contribution in [2.75, 3.05) is 6.54 Å². The molecule has 0 aromatic carbocycles. The summed E-state index contributed by atoms with van der Waals surface area (Å²) in [7, 11) is 0. The Labute approximate surface area is 118 Å². The third kappa shape index (κ3) is 6.03. The fourth-order valence-corrected chi connectivity index (χ4v) is 3.48. The molecule has 1 atom stereocenters. The average Bonchev–Trinajstić information content (AvgIpc) is 2.68. The number of hydrogen-bond donors (Lipinski definition) is 1. The van der Waals surface area contributed by atoms with Crippen LogP contribution >= 0.6 is 27.3 Å². The molecule has 1 N–H and O–H groups in total. The van der Waals surface area contributed by atoms with E-state index in [4.69, 9.17) is 0 Å². The predicted molar refractivity (Wildman–Crippen MR) is 81.9 cm³/mol. The normalized spacial score (nSPS) is 13.2. The van der Waals surface area contributed by atoms with E-state index in [0.717, 1.165) is 12.5 Å². The van der Waals surface area contributed by atoms with Crippen LogP contribution in [0.15, 0.2) is 15.9 Å². The van der Waals surface area contributed by atoms with Crippen molar-refractivity contribution in [2.24, 2.45) is 5.92 Å². The van der Waals surface area contributed by atoms with Gasteiger partial charge in [-0.1, -0.05) is 20.8 Å². The molecule has 1 heterocycles. The van der Waals surface area contributed by atoms with Crippen LogP contribution in [0, 0.1) is 5.92 Å². The molecule has 0 bridgehead atoms. The van der Waals surface area contributed by atoms with Crippen LogP contribution in [0.3, 0.4) is 0 Å². The summed E-state index contributed by atoms with van der Waals surface area (Å²) in [6, 6.07) is 2.92. The quantitative estimate of drug-likeness (QED) is 0.722. The number of halogens is 1. The molecule has 0 aliphatic rings. The molecule has 0 saturated carbocycles. The fourth-order valence-electron chi connectivity index (χ4n) is 1.98. The van der Waals surface area contributed by atoms with Crippen LogP contribution in [0.5, 0.6) is 0 Å². The molecule has 3 heteroatoms. The van der Waals surface area contributed by atoms with Gasteiger partial charge in [-0.05, 0) is 60.1 Å². The molecule has 1 aromatic heterocycles. The molecule has 0 spiro atoms. The summed E-state index contributed by atoms with van der Waals surface area (Å²) in [5.74, 6) is 0.733.